The maximum absolute atomic E-state index is 11.2. The molecule has 2 aromatic carbocycles. The monoisotopic (exact) mass is 426 g/mol. The highest BCUT2D eigenvalue weighted by Crippen LogP contribution is 2.26. The first kappa shape index (κ1) is 21.6. The molecule has 0 fully saturated rings. The molecule has 0 aliphatic heterocycles. The molecule has 5 N–H and O–H groups in total. The minimum absolute atomic E-state index is 0.172. The number of aromatic amines is 1. The summed E-state index contributed by atoms with van der Waals surface area (Å²) in [6, 6.07) is 10.4. The minimum Gasteiger partial charge on any atom is -0.495 e. The minimum atomic E-state index is -4.64. The summed E-state index contributed by atoms with van der Waals surface area (Å²) >= 11 is 6.08. The van der Waals surface area contributed by atoms with Gasteiger partial charge >= 0.3 is 13.8 Å². The standard InChI is InChI=1S/C17H13ClN2O3.H3O4P/c1-23-14-7-5-10(9-12(14)18)6-8-15-19-13-4-2-3-11(17(21)22)16(13)20-15;1-5(2,3)4/h2-9H,1H3,(H,19,20)(H,21,22);(H3,1,2,3,4)/b8-6+;. The number of carbonyl (C=O) groups is 1. The van der Waals surface area contributed by atoms with Gasteiger partial charge in [0.05, 0.1) is 23.2 Å². The van der Waals surface area contributed by atoms with Crippen LogP contribution in [0.4, 0.5) is 0 Å². The van der Waals surface area contributed by atoms with E-state index >= 15 is 0 Å². The first-order valence-corrected chi connectivity index (χ1v) is 9.54. The molecule has 9 nitrogen and oxygen atoms in total. The van der Waals surface area contributed by atoms with E-state index in [9.17, 15) is 9.90 Å². The van der Waals surface area contributed by atoms with Gasteiger partial charge in [0, 0.05) is 0 Å². The first-order chi connectivity index (χ1) is 13.1. The molecule has 0 atom stereocenters. The Labute approximate surface area is 164 Å². The summed E-state index contributed by atoms with van der Waals surface area (Å²) < 4.78 is 14.0. The number of fused-ring (bicyclic) bond motifs is 1. The Hall–Kier alpha value is -2.68. The number of nitrogens with zero attached hydrogens (tertiary/aromatic N) is 1. The number of methoxy groups -OCH3 is 1. The highest BCUT2D eigenvalue weighted by molar-refractivity contribution is 7.45. The quantitative estimate of drug-likeness (QED) is 0.399. The fraction of sp³-hybridized carbons (Fsp3) is 0.0588. The molecule has 0 spiro atoms. The number of hydrogen-bond donors (Lipinski definition) is 5. The third-order valence-corrected chi connectivity index (χ3v) is 3.67. The molecule has 1 heterocycles. The molecular formula is C17H16ClN2O7P. The van der Waals surface area contributed by atoms with E-state index in [4.69, 9.17) is 35.6 Å². The fourth-order valence-corrected chi connectivity index (χ4v) is 2.53. The fourth-order valence-electron chi connectivity index (χ4n) is 2.26. The topological polar surface area (TPSA) is 153 Å². The second-order valence-corrected chi connectivity index (χ2v) is 6.80. The summed E-state index contributed by atoms with van der Waals surface area (Å²) in [4.78, 5) is 40.2. The molecule has 148 valence electrons. The summed E-state index contributed by atoms with van der Waals surface area (Å²) in [5, 5.41) is 9.70. The van der Waals surface area contributed by atoms with Crippen LogP contribution in [0.1, 0.15) is 21.7 Å². The summed E-state index contributed by atoms with van der Waals surface area (Å²) in [6.45, 7) is 0. The van der Waals surface area contributed by atoms with Gasteiger partial charge in [0.1, 0.15) is 17.1 Å². The Balaban J connectivity index is 0.000000500. The average Bonchev–Trinajstić information content (AvgIpc) is 3.01. The number of phosphoric acid groups is 1. The zero-order valence-corrected chi connectivity index (χ0v) is 16.1. The highest BCUT2D eigenvalue weighted by Gasteiger charge is 2.11. The second-order valence-electron chi connectivity index (χ2n) is 5.37. The van der Waals surface area contributed by atoms with E-state index in [0.29, 0.717) is 27.6 Å². The van der Waals surface area contributed by atoms with Gasteiger partial charge in [-0.15, -0.1) is 0 Å². The lowest BCUT2D eigenvalue weighted by atomic mass is 10.2. The normalized spacial score (nSPS) is 11.3. The van der Waals surface area contributed by atoms with Crippen LogP contribution in [0.3, 0.4) is 0 Å². The Bertz CT molecular complexity index is 1070. The van der Waals surface area contributed by atoms with Gasteiger partial charge in [0.2, 0.25) is 0 Å². The number of aromatic carboxylic acids is 1. The van der Waals surface area contributed by atoms with Gasteiger partial charge in [-0.3, -0.25) is 0 Å². The number of imidazole rings is 1. The zero-order valence-electron chi connectivity index (χ0n) is 14.4. The summed E-state index contributed by atoms with van der Waals surface area (Å²) in [7, 11) is -3.08. The molecule has 0 amide bonds. The van der Waals surface area contributed by atoms with Crippen molar-refractivity contribution in [3.63, 3.8) is 0 Å². The Morgan fingerprint density at radius 2 is 1.89 bits per heavy atom. The number of para-hydroxylation sites is 1. The first-order valence-electron chi connectivity index (χ1n) is 7.60. The number of hydrogen-bond acceptors (Lipinski definition) is 4. The lowest BCUT2D eigenvalue weighted by molar-refractivity contribution is 0.0698. The van der Waals surface area contributed by atoms with E-state index in [0.717, 1.165) is 5.56 Å². The van der Waals surface area contributed by atoms with Crippen LogP contribution in [0, 0.1) is 0 Å². The van der Waals surface area contributed by atoms with Crippen LogP contribution in [0.15, 0.2) is 36.4 Å². The van der Waals surface area contributed by atoms with Crippen LogP contribution in [-0.2, 0) is 4.57 Å². The van der Waals surface area contributed by atoms with E-state index in [1.807, 2.05) is 12.1 Å². The summed E-state index contributed by atoms with van der Waals surface area (Å²) in [6.07, 6.45) is 3.60. The molecule has 0 saturated heterocycles. The van der Waals surface area contributed by atoms with Gasteiger partial charge in [0.25, 0.3) is 0 Å². The van der Waals surface area contributed by atoms with E-state index in [-0.39, 0.29) is 5.56 Å². The van der Waals surface area contributed by atoms with E-state index in [2.05, 4.69) is 9.97 Å². The molecule has 0 saturated carbocycles. The average molecular weight is 427 g/mol. The van der Waals surface area contributed by atoms with Crippen LogP contribution in [0.5, 0.6) is 5.75 Å². The van der Waals surface area contributed by atoms with E-state index in [1.165, 1.54) is 6.07 Å². The van der Waals surface area contributed by atoms with E-state index < -0.39 is 13.8 Å². The van der Waals surface area contributed by atoms with Gasteiger partial charge in [-0.05, 0) is 35.9 Å². The van der Waals surface area contributed by atoms with Crippen molar-refractivity contribution in [2.24, 2.45) is 0 Å². The van der Waals surface area contributed by atoms with Crippen molar-refractivity contribution in [1.29, 1.82) is 0 Å². The number of carboxylic acids is 1. The van der Waals surface area contributed by atoms with Crippen LogP contribution < -0.4 is 4.74 Å². The lowest BCUT2D eigenvalue weighted by Crippen LogP contribution is -1.96. The number of carboxylic acid groups (broad SMARTS) is 1. The number of halogens is 1. The third kappa shape index (κ3) is 6.19. The molecule has 1 aromatic heterocycles. The molecule has 0 aliphatic carbocycles. The predicted octanol–water partition coefficient (Wildman–Crippen LogP) is 3.16. The van der Waals surface area contributed by atoms with E-state index in [1.54, 1.807) is 37.5 Å². The molecule has 3 rings (SSSR count). The van der Waals surface area contributed by atoms with Crippen LogP contribution in [0.25, 0.3) is 23.2 Å². The molecule has 0 radical (unpaired) electrons. The number of aromatic nitrogens is 2. The molecule has 0 aliphatic rings. The molecule has 11 heteroatoms. The van der Waals surface area contributed by atoms with Gasteiger partial charge in [-0.2, -0.15) is 0 Å². The zero-order chi connectivity index (χ0) is 20.9. The summed E-state index contributed by atoms with van der Waals surface area (Å²) in [5.74, 6) is 0.180. The van der Waals surface area contributed by atoms with Crippen molar-refractivity contribution in [1.82, 2.24) is 9.97 Å². The van der Waals surface area contributed by atoms with Crippen molar-refractivity contribution in [2.45, 2.75) is 0 Å². The van der Waals surface area contributed by atoms with Crippen molar-refractivity contribution in [3.05, 3.63) is 58.4 Å². The number of rotatable bonds is 4. The highest BCUT2D eigenvalue weighted by atomic mass is 35.5. The van der Waals surface area contributed by atoms with Gasteiger partial charge in [0.15, 0.2) is 0 Å². The SMILES string of the molecule is COc1ccc(/C=C/c2nc3c(C(=O)O)cccc3[nH]2)cc1Cl.O=P(O)(O)O. The lowest BCUT2D eigenvalue weighted by Gasteiger charge is -2.02. The maximum atomic E-state index is 11.2. The smallest absolute Gasteiger partial charge is 0.466 e. The Morgan fingerprint density at radius 1 is 1.21 bits per heavy atom. The Morgan fingerprint density at radius 3 is 2.46 bits per heavy atom. The molecule has 28 heavy (non-hydrogen) atoms. The molecule has 3 aromatic rings. The van der Waals surface area contributed by atoms with Crippen LogP contribution in [-0.4, -0.2) is 42.8 Å². The van der Waals surface area contributed by atoms with Gasteiger partial charge in [-0.1, -0.05) is 29.8 Å². The number of benzene rings is 2. The Kier molecular flexibility index (Phi) is 6.95. The van der Waals surface area contributed by atoms with Crippen molar-refractivity contribution >= 4 is 48.6 Å². The molecule has 0 bridgehead atoms. The number of H-pyrrole nitrogens is 1. The number of nitrogens with one attached hydrogen (secondary N) is 1. The molecule has 0 unspecified atom stereocenters. The maximum Gasteiger partial charge on any atom is 0.466 e. The van der Waals surface area contributed by atoms with Crippen molar-refractivity contribution in [2.75, 3.05) is 7.11 Å². The number of ether oxygens (including phenoxy) is 1. The third-order valence-electron chi connectivity index (χ3n) is 3.37. The van der Waals surface area contributed by atoms with Crippen LogP contribution in [0.2, 0.25) is 5.02 Å². The second kappa shape index (κ2) is 9.01. The van der Waals surface area contributed by atoms with Crippen LogP contribution >= 0.6 is 19.4 Å². The van der Waals surface area contributed by atoms with Crippen molar-refractivity contribution < 1.29 is 33.9 Å². The molecular weight excluding hydrogens is 411 g/mol. The van der Waals surface area contributed by atoms with Gasteiger partial charge < -0.3 is 29.5 Å². The predicted molar refractivity (Wildman–Crippen MR) is 104 cm³/mol. The summed E-state index contributed by atoms with van der Waals surface area (Å²) in [5.41, 5.74) is 2.17. The van der Waals surface area contributed by atoms with Crippen molar-refractivity contribution in [3.8, 4) is 5.75 Å². The van der Waals surface area contributed by atoms with Gasteiger partial charge in [-0.25, -0.2) is 14.3 Å². The largest absolute Gasteiger partial charge is 0.495 e.